The Hall–Kier alpha value is -1.42. The van der Waals surface area contributed by atoms with Crippen molar-refractivity contribution in [1.82, 2.24) is 4.90 Å². The second kappa shape index (κ2) is 5.29. The topological polar surface area (TPSA) is 46.3 Å². The van der Waals surface area contributed by atoms with E-state index in [1.54, 1.807) is 12.1 Å². The number of carbonyl (C=O) groups is 1. The molecule has 19 heavy (non-hydrogen) atoms. The van der Waals surface area contributed by atoms with E-state index in [2.05, 4.69) is 0 Å². The van der Waals surface area contributed by atoms with Crippen LogP contribution in [0.15, 0.2) is 24.3 Å². The Morgan fingerprint density at radius 1 is 1.42 bits per heavy atom. The number of aryl methyl sites for hydroxylation is 1. The summed E-state index contributed by atoms with van der Waals surface area (Å²) in [6.45, 7) is 4.76. The molecule has 1 unspecified atom stereocenters. The fourth-order valence-electron chi connectivity index (χ4n) is 2.59. The Morgan fingerprint density at radius 2 is 2.05 bits per heavy atom. The summed E-state index contributed by atoms with van der Waals surface area (Å²) in [7, 11) is 0. The van der Waals surface area contributed by atoms with Crippen LogP contribution < -0.4 is 5.73 Å². The highest BCUT2D eigenvalue weighted by Crippen LogP contribution is 2.28. The van der Waals surface area contributed by atoms with Gasteiger partial charge >= 0.3 is 0 Å². The van der Waals surface area contributed by atoms with Gasteiger partial charge in [0.1, 0.15) is 5.82 Å². The highest BCUT2D eigenvalue weighted by molar-refractivity contribution is 5.77. The number of amides is 1. The van der Waals surface area contributed by atoms with Gasteiger partial charge in [0.05, 0.1) is 5.54 Å². The van der Waals surface area contributed by atoms with Crippen molar-refractivity contribution in [3.63, 3.8) is 0 Å². The standard InChI is InChI=1S/C15H21FN2O/c1-15(2)13(17)9-10-18(15)14(19)8-5-11-3-6-12(16)7-4-11/h3-4,6-7,13H,5,8-10,17H2,1-2H3. The Balaban J connectivity index is 1.93. The van der Waals surface area contributed by atoms with Gasteiger partial charge in [0.25, 0.3) is 0 Å². The number of halogens is 1. The monoisotopic (exact) mass is 264 g/mol. The molecule has 0 aromatic heterocycles. The van der Waals surface area contributed by atoms with E-state index < -0.39 is 0 Å². The summed E-state index contributed by atoms with van der Waals surface area (Å²) < 4.78 is 12.8. The summed E-state index contributed by atoms with van der Waals surface area (Å²) >= 11 is 0. The molecular formula is C15H21FN2O. The molecule has 1 aromatic rings. The van der Waals surface area contributed by atoms with Crippen molar-refractivity contribution in [2.24, 2.45) is 5.73 Å². The zero-order valence-corrected chi connectivity index (χ0v) is 11.5. The first kappa shape index (κ1) is 14.0. The number of nitrogens with zero attached hydrogens (tertiary/aromatic N) is 1. The number of hydrogen-bond acceptors (Lipinski definition) is 2. The molecule has 1 aliphatic rings. The molecule has 104 valence electrons. The van der Waals surface area contributed by atoms with Crippen LogP contribution in [-0.4, -0.2) is 28.9 Å². The lowest BCUT2D eigenvalue weighted by Gasteiger charge is -2.34. The van der Waals surface area contributed by atoms with Crippen molar-refractivity contribution in [3.8, 4) is 0 Å². The van der Waals surface area contributed by atoms with Crippen molar-refractivity contribution in [2.75, 3.05) is 6.54 Å². The average Bonchev–Trinajstić information content (AvgIpc) is 2.63. The minimum Gasteiger partial charge on any atom is -0.336 e. The smallest absolute Gasteiger partial charge is 0.223 e. The highest BCUT2D eigenvalue weighted by Gasteiger charge is 2.41. The summed E-state index contributed by atoms with van der Waals surface area (Å²) in [6.07, 6.45) is 1.94. The largest absolute Gasteiger partial charge is 0.336 e. The average molecular weight is 264 g/mol. The van der Waals surface area contributed by atoms with Crippen LogP contribution in [0.4, 0.5) is 4.39 Å². The van der Waals surface area contributed by atoms with Crippen LogP contribution >= 0.6 is 0 Å². The lowest BCUT2D eigenvalue weighted by Crippen LogP contribution is -2.51. The fraction of sp³-hybridized carbons (Fsp3) is 0.533. The van der Waals surface area contributed by atoms with Gasteiger partial charge in [-0.3, -0.25) is 4.79 Å². The van der Waals surface area contributed by atoms with Crippen molar-refractivity contribution in [1.29, 1.82) is 0 Å². The van der Waals surface area contributed by atoms with Gasteiger partial charge in [-0.05, 0) is 44.4 Å². The van der Waals surface area contributed by atoms with Gasteiger partial charge in [0, 0.05) is 19.0 Å². The first-order valence-corrected chi connectivity index (χ1v) is 6.72. The molecule has 1 heterocycles. The summed E-state index contributed by atoms with van der Waals surface area (Å²) in [6, 6.07) is 6.35. The van der Waals surface area contributed by atoms with Gasteiger partial charge in [0.15, 0.2) is 0 Å². The van der Waals surface area contributed by atoms with Crippen molar-refractivity contribution < 1.29 is 9.18 Å². The van der Waals surface area contributed by atoms with E-state index in [0.29, 0.717) is 12.8 Å². The van der Waals surface area contributed by atoms with Crippen LogP contribution in [-0.2, 0) is 11.2 Å². The molecule has 1 aliphatic heterocycles. The molecule has 1 amide bonds. The van der Waals surface area contributed by atoms with Crippen LogP contribution in [0, 0.1) is 5.82 Å². The molecular weight excluding hydrogens is 243 g/mol. The summed E-state index contributed by atoms with van der Waals surface area (Å²) in [5.74, 6) is -0.121. The molecule has 0 bridgehead atoms. The minimum atomic E-state index is -0.264. The molecule has 1 atom stereocenters. The molecule has 2 rings (SSSR count). The van der Waals surface area contributed by atoms with Gasteiger partial charge in [-0.1, -0.05) is 12.1 Å². The third-order valence-corrected chi connectivity index (χ3v) is 4.11. The number of carbonyl (C=O) groups excluding carboxylic acids is 1. The van der Waals surface area contributed by atoms with Gasteiger partial charge in [-0.25, -0.2) is 4.39 Å². The first-order valence-electron chi connectivity index (χ1n) is 6.72. The normalized spacial score (nSPS) is 21.7. The van der Waals surface area contributed by atoms with Gasteiger partial charge in [0.2, 0.25) is 5.91 Å². The maximum absolute atomic E-state index is 12.8. The molecule has 0 radical (unpaired) electrons. The van der Waals surface area contributed by atoms with Crippen LogP contribution in [0.2, 0.25) is 0 Å². The highest BCUT2D eigenvalue weighted by atomic mass is 19.1. The Labute approximate surface area is 113 Å². The van der Waals surface area contributed by atoms with E-state index in [0.717, 1.165) is 18.5 Å². The van der Waals surface area contributed by atoms with E-state index in [1.807, 2.05) is 18.7 Å². The Kier molecular flexibility index (Phi) is 3.90. The van der Waals surface area contributed by atoms with E-state index in [-0.39, 0.29) is 23.3 Å². The van der Waals surface area contributed by atoms with Crippen LogP contribution in [0.3, 0.4) is 0 Å². The molecule has 3 nitrogen and oxygen atoms in total. The number of benzene rings is 1. The van der Waals surface area contributed by atoms with E-state index in [1.165, 1.54) is 12.1 Å². The van der Waals surface area contributed by atoms with Crippen LogP contribution in [0.1, 0.15) is 32.3 Å². The molecule has 1 fully saturated rings. The summed E-state index contributed by atoms with van der Waals surface area (Å²) in [4.78, 5) is 14.1. The number of nitrogens with two attached hydrogens (primary N) is 1. The number of hydrogen-bond donors (Lipinski definition) is 1. The molecule has 2 N–H and O–H groups in total. The third kappa shape index (κ3) is 2.95. The fourth-order valence-corrected chi connectivity index (χ4v) is 2.59. The third-order valence-electron chi connectivity index (χ3n) is 4.11. The summed E-state index contributed by atoms with van der Waals surface area (Å²) in [5, 5.41) is 0. The SMILES string of the molecule is CC1(C)C(N)CCN1C(=O)CCc1ccc(F)cc1. The van der Waals surface area contributed by atoms with Gasteiger partial charge < -0.3 is 10.6 Å². The van der Waals surface area contributed by atoms with Gasteiger partial charge in [-0.15, -0.1) is 0 Å². The lowest BCUT2D eigenvalue weighted by atomic mass is 9.96. The maximum Gasteiger partial charge on any atom is 0.223 e. The Morgan fingerprint density at radius 3 is 2.58 bits per heavy atom. The Bertz CT molecular complexity index is 456. The number of likely N-dealkylation sites (tertiary alicyclic amines) is 1. The van der Waals surface area contributed by atoms with Crippen molar-refractivity contribution in [3.05, 3.63) is 35.6 Å². The van der Waals surface area contributed by atoms with Gasteiger partial charge in [-0.2, -0.15) is 0 Å². The second-order valence-electron chi connectivity index (χ2n) is 5.72. The molecule has 0 saturated carbocycles. The molecule has 1 saturated heterocycles. The quantitative estimate of drug-likeness (QED) is 0.908. The molecule has 4 heteroatoms. The zero-order valence-electron chi connectivity index (χ0n) is 11.5. The van der Waals surface area contributed by atoms with Crippen LogP contribution in [0.25, 0.3) is 0 Å². The zero-order chi connectivity index (χ0) is 14.0. The van der Waals surface area contributed by atoms with Crippen LogP contribution in [0.5, 0.6) is 0 Å². The predicted octanol–water partition coefficient (Wildman–Crippen LogP) is 2.10. The van der Waals surface area contributed by atoms with E-state index in [9.17, 15) is 9.18 Å². The van der Waals surface area contributed by atoms with Crippen molar-refractivity contribution >= 4 is 5.91 Å². The lowest BCUT2D eigenvalue weighted by molar-refractivity contribution is -0.134. The predicted molar refractivity (Wildman–Crippen MR) is 73.1 cm³/mol. The van der Waals surface area contributed by atoms with E-state index in [4.69, 9.17) is 5.73 Å². The number of rotatable bonds is 3. The van der Waals surface area contributed by atoms with E-state index >= 15 is 0 Å². The van der Waals surface area contributed by atoms with Crippen molar-refractivity contribution in [2.45, 2.75) is 44.7 Å². The molecule has 1 aromatic carbocycles. The first-order chi connectivity index (χ1) is 8.91. The summed E-state index contributed by atoms with van der Waals surface area (Å²) in [5.41, 5.74) is 6.75. The molecule has 0 aliphatic carbocycles. The molecule has 0 spiro atoms. The minimum absolute atomic E-state index is 0.0438. The second-order valence-corrected chi connectivity index (χ2v) is 5.72. The maximum atomic E-state index is 12.8.